The van der Waals surface area contributed by atoms with E-state index in [4.69, 9.17) is 4.84 Å². The third kappa shape index (κ3) is 3.19. The van der Waals surface area contributed by atoms with E-state index in [1.54, 1.807) is 6.21 Å². The zero-order valence-corrected chi connectivity index (χ0v) is 7.16. The first-order chi connectivity index (χ1) is 5.93. The molecule has 0 aliphatic rings. The van der Waals surface area contributed by atoms with Gasteiger partial charge in [0.2, 0.25) is 0 Å². The standard InChI is InChI=1S/C10H12NO/c1-2-8-12-11-9-10-6-4-3-5-7-10/h4-7,9H,2,8H2,1H3/b11-9+. The fourth-order valence-corrected chi connectivity index (χ4v) is 0.728. The quantitative estimate of drug-likeness (QED) is 0.378. The Kier molecular flexibility index (Phi) is 3.92. The molecule has 0 saturated heterocycles. The molecule has 1 radical (unpaired) electrons. The molecule has 0 amide bonds. The lowest BCUT2D eigenvalue weighted by Crippen LogP contribution is -1.85. The molecule has 0 fully saturated rings. The highest BCUT2D eigenvalue weighted by Gasteiger charge is 1.83. The highest BCUT2D eigenvalue weighted by atomic mass is 16.6. The minimum atomic E-state index is 0.676. The molecule has 2 nitrogen and oxygen atoms in total. The summed E-state index contributed by atoms with van der Waals surface area (Å²) in [4.78, 5) is 4.95. The molecule has 1 aromatic carbocycles. The minimum absolute atomic E-state index is 0.676. The molecular weight excluding hydrogens is 150 g/mol. The van der Waals surface area contributed by atoms with Crippen LogP contribution >= 0.6 is 0 Å². The van der Waals surface area contributed by atoms with Crippen molar-refractivity contribution >= 4 is 6.21 Å². The van der Waals surface area contributed by atoms with E-state index in [1.165, 1.54) is 0 Å². The molecule has 0 spiro atoms. The summed E-state index contributed by atoms with van der Waals surface area (Å²) in [6, 6.07) is 10.5. The first-order valence-electron chi connectivity index (χ1n) is 4.05. The zero-order chi connectivity index (χ0) is 8.65. The number of benzene rings is 1. The molecule has 0 aliphatic carbocycles. The number of hydrogen-bond acceptors (Lipinski definition) is 2. The molecule has 0 N–H and O–H groups in total. The minimum Gasteiger partial charge on any atom is -0.396 e. The average Bonchev–Trinajstić information content (AvgIpc) is 2.14. The Balaban J connectivity index is 2.36. The van der Waals surface area contributed by atoms with Crippen LogP contribution in [0.4, 0.5) is 0 Å². The smallest absolute Gasteiger partial charge is 0.116 e. The predicted octanol–water partition coefficient (Wildman–Crippen LogP) is 2.25. The van der Waals surface area contributed by atoms with Gasteiger partial charge < -0.3 is 4.84 Å². The Morgan fingerprint density at radius 3 is 2.92 bits per heavy atom. The molecule has 0 aromatic heterocycles. The largest absolute Gasteiger partial charge is 0.396 e. The normalized spacial score (nSPS) is 10.4. The Morgan fingerprint density at radius 2 is 2.25 bits per heavy atom. The lowest BCUT2D eigenvalue weighted by molar-refractivity contribution is 0.146. The van der Waals surface area contributed by atoms with Crippen molar-refractivity contribution < 1.29 is 4.84 Å². The van der Waals surface area contributed by atoms with E-state index in [9.17, 15) is 0 Å². The fourth-order valence-electron chi connectivity index (χ4n) is 0.728. The third-order valence-electron chi connectivity index (χ3n) is 1.32. The molecule has 0 heterocycles. The van der Waals surface area contributed by atoms with Crippen LogP contribution in [0.3, 0.4) is 0 Å². The highest BCUT2D eigenvalue weighted by Crippen LogP contribution is 1.93. The molecule has 1 aromatic rings. The summed E-state index contributed by atoms with van der Waals surface area (Å²) in [6.45, 7) is 2.72. The van der Waals surface area contributed by atoms with Crippen LogP contribution in [0.1, 0.15) is 18.9 Å². The molecule has 63 valence electrons. The van der Waals surface area contributed by atoms with Crippen molar-refractivity contribution in [3.63, 3.8) is 0 Å². The summed E-state index contributed by atoms with van der Waals surface area (Å²) in [5.74, 6) is 0. The van der Waals surface area contributed by atoms with Crippen LogP contribution in [0.5, 0.6) is 0 Å². The van der Waals surface area contributed by atoms with Gasteiger partial charge in [-0.05, 0) is 18.1 Å². The Bertz CT molecular complexity index is 231. The van der Waals surface area contributed by atoms with Crippen molar-refractivity contribution in [3.8, 4) is 0 Å². The lowest BCUT2D eigenvalue weighted by Gasteiger charge is -1.93. The number of nitrogens with zero attached hydrogens (tertiary/aromatic N) is 1. The highest BCUT2D eigenvalue weighted by molar-refractivity contribution is 5.78. The maximum atomic E-state index is 4.95. The van der Waals surface area contributed by atoms with Crippen LogP contribution in [0, 0.1) is 6.07 Å². The average molecular weight is 162 g/mol. The van der Waals surface area contributed by atoms with Crippen molar-refractivity contribution in [3.05, 3.63) is 35.9 Å². The number of rotatable bonds is 4. The third-order valence-corrected chi connectivity index (χ3v) is 1.32. The second kappa shape index (κ2) is 5.35. The Labute approximate surface area is 72.9 Å². The van der Waals surface area contributed by atoms with E-state index in [1.807, 2.05) is 31.2 Å². The molecule has 0 unspecified atom stereocenters. The van der Waals surface area contributed by atoms with Crippen LogP contribution in [0.15, 0.2) is 29.4 Å². The molecule has 0 saturated carbocycles. The maximum Gasteiger partial charge on any atom is 0.116 e. The van der Waals surface area contributed by atoms with Gasteiger partial charge in [0.25, 0.3) is 0 Å². The summed E-state index contributed by atoms with van der Waals surface area (Å²) in [6.07, 6.45) is 2.68. The summed E-state index contributed by atoms with van der Waals surface area (Å²) in [5, 5.41) is 3.79. The van der Waals surface area contributed by atoms with Crippen LogP contribution in [0.25, 0.3) is 0 Å². The molecule has 1 rings (SSSR count). The summed E-state index contributed by atoms with van der Waals surface area (Å²) < 4.78 is 0. The van der Waals surface area contributed by atoms with E-state index in [0.29, 0.717) is 6.61 Å². The van der Waals surface area contributed by atoms with Gasteiger partial charge in [-0.2, -0.15) is 0 Å². The first-order valence-corrected chi connectivity index (χ1v) is 4.05. The van der Waals surface area contributed by atoms with Gasteiger partial charge in [-0.3, -0.25) is 0 Å². The van der Waals surface area contributed by atoms with Crippen molar-refractivity contribution in [2.45, 2.75) is 13.3 Å². The SMILES string of the molecule is CCCO/N=C/c1cc[c]cc1. The van der Waals surface area contributed by atoms with Gasteiger partial charge in [0.1, 0.15) is 6.61 Å². The Hall–Kier alpha value is -1.31. The summed E-state index contributed by atoms with van der Waals surface area (Å²) >= 11 is 0. The second-order valence-corrected chi connectivity index (χ2v) is 2.40. The number of hydrogen-bond donors (Lipinski definition) is 0. The maximum absolute atomic E-state index is 4.95. The summed E-state index contributed by atoms with van der Waals surface area (Å²) in [5.41, 5.74) is 1.03. The van der Waals surface area contributed by atoms with E-state index in [0.717, 1.165) is 12.0 Å². The molecule has 0 aliphatic heterocycles. The van der Waals surface area contributed by atoms with Crippen molar-refractivity contribution in [2.75, 3.05) is 6.61 Å². The summed E-state index contributed by atoms with van der Waals surface area (Å²) in [7, 11) is 0. The van der Waals surface area contributed by atoms with Crippen LogP contribution in [0.2, 0.25) is 0 Å². The topological polar surface area (TPSA) is 21.6 Å². The first kappa shape index (κ1) is 8.78. The van der Waals surface area contributed by atoms with Crippen LogP contribution < -0.4 is 0 Å². The van der Waals surface area contributed by atoms with E-state index < -0.39 is 0 Å². The van der Waals surface area contributed by atoms with Gasteiger partial charge >= 0.3 is 0 Å². The van der Waals surface area contributed by atoms with E-state index >= 15 is 0 Å². The van der Waals surface area contributed by atoms with Gasteiger partial charge in [0, 0.05) is 0 Å². The van der Waals surface area contributed by atoms with Gasteiger partial charge in [0.15, 0.2) is 0 Å². The van der Waals surface area contributed by atoms with Gasteiger partial charge in [-0.1, -0.05) is 36.3 Å². The van der Waals surface area contributed by atoms with E-state index in [-0.39, 0.29) is 0 Å². The van der Waals surface area contributed by atoms with E-state index in [2.05, 4.69) is 11.2 Å². The van der Waals surface area contributed by atoms with Crippen molar-refractivity contribution in [1.82, 2.24) is 0 Å². The molecule has 0 bridgehead atoms. The van der Waals surface area contributed by atoms with Crippen molar-refractivity contribution in [1.29, 1.82) is 0 Å². The zero-order valence-electron chi connectivity index (χ0n) is 7.16. The van der Waals surface area contributed by atoms with Crippen LogP contribution in [-0.4, -0.2) is 12.8 Å². The lowest BCUT2D eigenvalue weighted by atomic mass is 10.2. The second-order valence-electron chi connectivity index (χ2n) is 2.40. The monoisotopic (exact) mass is 162 g/mol. The Morgan fingerprint density at radius 1 is 1.50 bits per heavy atom. The predicted molar refractivity (Wildman–Crippen MR) is 49.1 cm³/mol. The number of oxime groups is 1. The fraction of sp³-hybridized carbons (Fsp3) is 0.300. The van der Waals surface area contributed by atoms with Gasteiger partial charge in [-0.25, -0.2) is 0 Å². The molecular formula is C10H12NO. The van der Waals surface area contributed by atoms with Crippen LogP contribution in [-0.2, 0) is 4.84 Å². The molecule has 2 heteroatoms. The molecule has 12 heavy (non-hydrogen) atoms. The van der Waals surface area contributed by atoms with Gasteiger partial charge in [0.05, 0.1) is 6.21 Å². The molecule has 0 atom stereocenters. The van der Waals surface area contributed by atoms with Gasteiger partial charge in [-0.15, -0.1) is 0 Å². The van der Waals surface area contributed by atoms with Crippen molar-refractivity contribution in [2.24, 2.45) is 5.16 Å².